The number of para-hydroxylation sites is 2. The second-order valence-corrected chi connectivity index (χ2v) is 6.13. The summed E-state index contributed by atoms with van der Waals surface area (Å²) in [6.45, 7) is 4.75. The molecule has 1 atom stereocenters. The number of nitrogens with zero attached hydrogens (tertiary/aromatic N) is 1. The molecule has 0 aliphatic carbocycles. The fourth-order valence-corrected chi connectivity index (χ4v) is 2.89. The van der Waals surface area contributed by atoms with E-state index in [0.29, 0.717) is 16.8 Å². The third kappa shape index (κ3) is 3.50. The van der Waals surface area contributed by atoms with Crippen LogP contribution in [0.1, 0.15) is 31.7 Å². The Morgan fingerprint density at radius 1 is 1.08 bits per heavy atom. The number of fused-ring (bicyclic) bond motifs is 1. The highest BCUT2D eigenvalue weighted by Crippen LogP contribution is 2.28. The van der Waals surface area contributed by atoms with Gasteiger partial charge in [0.15, 0.2) is 0 Å². The summed E-state index contributed by atoms with van der Waals surface area (Å²) in [5, 5.41) is 0.502. The van der Waals surface area contributed by atoms with Gasteiger partial charge < -0.3 is 9.72 Å². The van der Waals surface area contributed by atoms with Crippen LogP contribution in [-0.4, -0.2) is 16.2 Å². The molecule has 5 nitrogen and oxygen atoms in total. The Kier molecular flexibility index (Phi) is 5.03. The molecule has 3 rings (SSSR count). The number of aromatic nitrogens is 2. The lowest BCUT2D eigenvalue weighted by atomic mass is 9.98. The lowest BCUT2D eigenvalue weighted by Gasteiger charge is -2.16. The number of ether oxygens (including phenoxy) is 1. The molecule has 1 heterocycles. The maximum Gasteiger partial charge on any atom is 0.328 e. The molecule has 0 aliphatic rings. The Labute approximate surface area is 145 Å². The van der Waals surface area contributed by atoms with Crippen molar-refractivity contribution in [2.45, 2.75) is 32.7 Å². The molecule has 0 fully saturated rings. The van der Waals surface area contributed by atoms with Gasteiger partial charge in [-0.05, 0) is 36.1 Å². The van der Waals surface area contributed by atoms with Crippen molar-refractivity contribution in [2.24, 2.45) is 0 Å². The van der Waals surface area contributed by atoms with Crippen LogP contribution in [0.4, 0.5) is 0 Å². The Morgan fingerprint density at radius 2 is 1.80 bits per heavy atom. The maximum atomic E-state index is 12.5. The van der Waals surface area contributed by atoms with E-state index in [9.17, 15) is 9.59 Å². The van der Waals surface area contributed by atoms with Crippen LogP contribution in [0.25, 0.3) is 10.9 Å². The van der Waals surface area contributed by atoms with Crippen LogP contribution in [-0.2, 0) is 6.54 Å². The van der Waals surface area contributed by atoms with Gasteiger partial charge in [-0.25, -0.2) is 4.79 Å². The second kappa shape index (κ2) is 7.38. The van der Waals surface area contributed by atoms with Crippen molar-refractivity contribution in [1.29, 1.82) is 0 Å². The highest BCUT2D eigenvalue weighted by Gasteiger charge is 2.11. The predicted molar refractivity (Wildman–Crippen MR) is 99.5 cm³/mol. The Hall–Kier alpha value is -2.82. The molecule has 0 saturated heterocycles. The number of benzene rings is 2. The molecule has 0 radical (unpaired) electrons. The first-order valence-electron chi connectivity index (χ1n) is 8.55. The van der Waals surface area contributed by atoms with Gasteiger partial charge >= 0.3 is 5.69 Å². The van der Waals surface area contributed by atoms with Crippen LogP contribution in [0.15, 0.2) is 58.1 Å². The van der Waals surface area contributed by atoms with Gasteiger partial charge in [-0.3, -0.25) is 9.36 Å². The van der Waals surface area contributed by atoms with Crippen molar-refractivity contribution in [3.05, 3.63) is 74.9 Å². The SMILES string of the molecule is CCC(C)c1ccccc1OCCn1c(=O)[nH]c2ccccc2c1=O. The Morgan fingerprint density at radius 3 is 2.60 bits per heavy atom. The zero-order chi connectivity index (χ0) is 17.8. The maximum absolute atomic E-state index is 12.5. The average molecular weight is 338 g/mol. The van der Waals surface area contributed by atoms with E-state index < -0.39 is 5.69 Å². The molecule has 2 aromatic carbocycles. The molecule has 1 N–H and O–H groups in total. The summed E-state index contributed by atoms with van der Waals surface area (Å²) in [5.41, 5.74) is 0.988. The van der Waals surface area contributed by atoms with Gasteiger partial charge in [0, 0.05) is 0 Å². The van der Waals surface area contributed by atoms with Crippen LogP contribution in [0.3, 0.4) is 0 Å². The standard InChI is InChI=1S/C20H22N2O3/c1-3-14(2)15-8-5-7-11-18(15)25-13-12-22-19(23)16-9-4-6-10-17(16)21-20(22)24/h4-11,14H,3,12-13H2,1-2H3,(H,21,24). The van der Waals surface area contributed by atoms with E-state index in [1.807, 2.05) is 18.2 Å². The van der Waals surface area contributed by atoms with Gasteiger partial charge in [0.05, 0.1) is 17.4 Å². The molecular formula is C20H22N2O3. The molecule has 0 bridgehead atoms. The number of hydrogen-bond acceptors (Lipinski definition) is 3. The zero-order valence-electron chi connectivity index (χ0n) is 14.5. The molecule has 0 aliphatic heterocycles. The van der Waals surface area contributed by atoms with Crippen molar-refractivity contribution in [2.75, 3.05) is 6.61 Å². The van der Waals surface area contributed by atoms with E-state index in [1.54, 1.807) is 24.3 Å². The van der Waals surface area contributed by atoms with E-state index in [2.05, 4.69) is 24.9 Å². The van der Waals surface area contributed by atoms with Crippen LogP contribution in [0.2, 0.25) is 0 Å². The minimum absolute atomic E-state index is 0.202. The first-order chi connectivity index (χ1) is 12.1. The largest absolute Gasteiger partial charge is 0.491 e. The van der Waals surface area contributed by atoms with Crippen LogP contribution in [0.5, 0.6) is 5.75 Å². The molecule has 0 amide bonds. The number of H-pyrrole nitrogens is 1. The van der Waals surface area contributed by atoms with E-state index in [-0.39, 0.29) is 18.7 Å². The first kappa shape index (κ1) is 17.0. The van der Waals surface area contributed by atoms with Gasteiger partial charge in [-0.15, -0.1) is 0 Å². The number of aromatic amines is 1. The zero-order valence-corrected chi connectivity index (χ0v) is 14.5. The minimum Gasteiger partial charge on any atom is -0.491 e. The molecule has 25 heavy (non-hydrogen) atoms. The highest BCUT2D eigenvalue weighted by atomic mass is 16.5. The highest BCUT2D eigenvalue weighted by molar-refractivity contribution is 5.76. The van der Waals surface area contributed by atoms with Crippen LogP contribution in [0, 0.1) is 0 Å². The summed E-state index contributed by atoms with van der Waals surface area (Å²) in [5.74, 6) is 1.20. The third-order valence-electron chi connectivity index (χ3n) is 4.52. The second-order valence-electron chi connectivity index (χ2n) is 6.13. The summed E-state index contributed by atoms with van der Waals surface area (Å²) >= 11 is 0. The number of nitrogens with one attached hydrogen (secondary N) is 1. The lowest BCUT2D eigenvalue weighted by molar-refractivity contribution is 0.289. The summed E-state index contributed by atoms with van der Waals surface area (Å²) in [6.07, 6.45) is 1.02. The van der Waals surface area contributed by atoms with Gasteiger partial charge in [0.1, 0.15) is 12.4 Å². The van der Waals surface area contributed by atoms with E-state index in [4.69, 9.17) is 4.74 Å². The Bertz CT molecular complexity index is 988. The minimum atomic E-state index is -0.414. The molecule has 0 saturated carbocycles. The Balaban J connectivity index is 1.81. The fraction of sp³-hybridized carbons (Fsp3) is 0.300. The van der Waals surface area contributed by atoms with Gasteiger partial charge in [-0.1, -0.05) is 44.2 Å². The quantitative estimate of drug-likeness (QED) is 0.750. The molecular weight excluding hydrogens is 316 g/mol. The van der Waals surface area contributed by atoms with E-state index in [1.165, 1.54) is 4.57 Å². The molecule has 3 aromatic rings. The smallest absolute Gasteiger partial charge is 0.328 e. The summed E-state index contributed by atoms with van der Waals surface area (Å²) in [6, 6.07) is 14.9. The van der Waals surface area contributed by atoms with E-state index in [0.717, 1.165) is 17.7 Å². The monoisotopic (exact) mass is 338 g/mol. The topological polar surface area (TPSA) is 64.1 Å². The number of hydrogen-bond donors (Lipinski definition) is 1. The van der Waals surface area contributed by atoms with Crippen molar-refractivity contribution in [3.8, 4) is 5.75 Å². The van der Waals surface area contributed by atoms with Gasteiger partial charge in [0.25, 0.3) is 5.56 Å². The van der Waals surface area contributed by atoms with Gasteiger partial charge in [-0.2, -0.15) is 0 Å². The molecule has 130 valence electrons. The van der Waals surface area contributed by atoms with E-state index >= 15 is 0 Å². The molecule has 1 unspecified atom stereocenters. The molecule has 0 spiro atoms. The third-order valence-corrected chi connectivity index (χ3v) is 4.52. The van der Waals surface area contributed by atoms with Gasteiger partial charge in [0.2, 0.25) is 0 Å². The fourth-order valence-electron chi connectivity index (χ4n) is 2.89. The average Bonchev–Trinajstić information content (AvgIpc) is 2.64. The molecule has 1 aromatic heterocycles. The summed E-state index contributed by atoms with van der Waals surface area (Å²) < 4.78 is 7.06. The summed E-state index contributed by atoms with van der Waals surface area (Å²) in [4.78, 5) is 27.4. The number of rotatable bonds is 6. The lowest BCUT2D eigenvalue weighted by Crippen LogP contribution is -2.36. The first-order valence-corrected chi connectivity index (χ1v) is 8.55. The van der Waals surface area contributed by atoms with Crippen LogP contribution >= 0.6 is 0 Å². The molecule has 5 heteroatoms. The van der Waals surface area contributed by atoms with Crippen molar-refractivity contribution >= 4 is 10.9 Å². The van der Waals surface area contributed by atoms with Crippen LogP contribution < -0.4 is 16.0 Å². The summed E-state index contributed by atoms with van der Waals surface area (Å²) in [7, 11) is 0. The van der Waals surface area contributed by atoms with Crippen molar-refractivity contribution in [3.63, 3.8) is 0 Å². The van der Waals surface area contributed by atoms with Crippen molar-refractivity contribution in [1.82, 2.24) is 9.55 Å². The van der Waals surface area contributed by atoms with Crippen molar-refractivity contribution < 1.29 is 4.74 Å². The predicted octanol–water partition coefficient (Wildman–Crippen LogP) is 3.28. The normalized spacial score (nSPS) is 12.2.